The summed E-state index contributed by atoms with van der Waals surface area (Å²) >= 11 is 0. The molecule has 0 fully saturated rings. The van der Waals surface area contributed by atoms with Crippen molar-refractivity contribution in [3.63, 3.8) is 0 Å². The minimum atomic E-state index is -0.583. The molecule has 0 atom stereocenters. The Morgan fingerprint density at radius 1 is 0.710 bits per heavy atom. The van der Waals surface area contributed by atoms with Crippen LogP contribution in [0.15, 0.2) is 103 Å². The van der Waals surface area contributed by atoms with Crippen LogP contribution in [0.2, 0.25) is 0 Å². The number of hydrazine groups is 2. The van der Waals surface area contributed by atoms with E-state index < -0.39 is 11.4 Å². The summed E-state index contributed by atoms with van der Waals surface area (Å²) in [5.41, 5.74) is 8.98. The number of benzene rings is 4. The van der Waals surface area contributed by atoms with E-state index in [1.165, 1.54) is 11.1 Å². The standard InChI is InChI=1S/C26H22N4O/c27-29-25(31)30(28)20-15-16-22-21-13-7-8-14-23(21)26(24(22)17-20,18-9-3-1-4-10-18)19-11-5-2-6-12-19/h1-17H,27-28H2,(H,29,31). The van der Waals surface area contributed by atoms with Crippen LogP contribution in [0.1, 0.15) is 22.3 Å². The Morgan fingerprint density at radius 2 is 1.26 bits per heavy atom. The topological polar surface area (TPSA) is 84.4 Å². The summed E-state index contributed by atoms with van der Waals surface area (Å²) in [6.07, 6.45) is 0. The number of nitrogens with two attached hydrogens (primary N) is 2. The number of rotatable bonds is 3. The smallest absolute Gasteiger partial charge is 0.274 e. The Hall–Kier alpha value is -3.93. The second-order valence-corrected chi connectivity index (χ2v) is 7.58. The van der Waals surface area contributed by atoms with Gasteiger partial charge in [-0.15, -0.1) is 0 Å². The molecule has 5 N–H and O–H groups in total. The monoisotopic (exact) mass is 406 g/mol. The Morgan fingerprint density at radius 3 is 1.87 bits per heavy atom. The van der Waals surface area contributed by atoms with Crippen LogP contribution in [0, 0.1) is 0 Å². The number of carbonyl (C=O) groups excluding carboxylic acids is 1. The predicted octanol–water partition coefficient (Wildman–Crippen LogP) is 4.31. The van der Waals surface area contributed by atoms with E-state index in [2.05, 4.69) is 78.2 Å². The molecule has 0 unspecified atom stereocenters. The van der Waals surface area contributed by atoms with Gasteiger partial charge in [-0.1, -0.05) is 91.0 Å². The van der Waals surface area contributed by atoms with Crippen LogP contribution in [0.5, 0.6) is 0 Å². The van der Waals surface area contributed by atoms with E-state index in [-0.39, 0.29) is 0 Å². The third-order valence-corrected chi connectivity index (χ3v) is 6.06. The highest BCUT2D eigenvalue weighted by molar-refractivity contribution is 5.93. The van der Waals surface area contributed by atoms with Gasteiger partial charge in [-0.25, -0.2) is 21.5 Å². The SMILES string of the molecule is NNC(=O)N(N)c1ccc2c(c1)C(c1ccccc1)(c1ccccc1)c1ccccc1-2. The number of nitrogens with one attached hydrogen (secondary N) is 1. The number of hydrogen-bond acceptors (Lipinski definition) is 3. The van der Waals surface area contributed by atoms with Crippen LogP contribution in [0.3, 0.4) is 0 Å². The van der Waals surface area contributed by atoms with Crippen LogP contribution in [0.25, 0.3) is 11.1 Å². The maximum absolute atomic E-state index is 12.1. The Bertz CT molecular complexity index is 1220. The molecule has 4 aromatic rings. The molecular formula is C26H22N4O. The van der Waals surface area contributed by atoms with Crippen molar-refractivity contribution in [2.24, 2.45) is 11.7 Å². The van der Waals surface area contributed by atoms with E-state index in [0.29, 0.717) is 5.69 Å². The van der Waals surface area contributed by atoms with Crippen molar-refractivity contribution in [1.82, 2.24) is 5.43 Å². The number of nitrogens with zero attached hydrogens (tertiary/aromatic N) is 1. The van der Waals surface area contributed by atoms with Crippen LogP contribution in [-0.4, -0.2) is 6.03 Å². The van der Waals surface area contributed by atoms with Gasteiger partial charge in [0.2, 0.25) is 0 Å². The summed E-state index contributed by atoms with van der Waals surface area (Å²) in [6, 6.07) is 34.6. The Balaban J connectivity index is 1.88. The zero-order valence-corrected chi connectivity index (χ0v) is 16.8. The number of carbonyl (C=O) groups is 1. The highest BCUT2D eigenvalue weighted by Crippen LogP contribution is 2.56. The van der Waals surface area contributed by atoms with Crippen molar-refractivity contribution < 1.29 is 4.79 Å². The summed E-state index contributed by atoms with van der Waals surface area (Å²) in [5.74, 6) is 11.4. The number of fused-ring (bicyclic) bond motifs is 3. The molecule has 5 nitrogen and oxygen atoms in total. The van der Waals surface area contributed by atoms with E-state index in [9.17, 15) is 4.79 Å². The van der Waals surface area contributed by atoms with E-state index in [1.54, 1.807) is 0 Å². The molecular weight excluding hydrogens is 384 g/mol. The molecule has 0 saturated heterocycles. The van der Waals surface area contributed by atoms with Gasteiger partial charge in [-0.05, 0) is 45.5 Å². The third kappa shape index (κ3) is 2.75. The van der Waals surface area contributed by atoms with Crippen molar-refractivity contribution in [1.29, 1.82) is 0 Å². The van der Waals surface area contributed by atoms with Gasteiger partial charge in [0.25, 0.3) is 0 Å². The van der Waals surface area contributed by atoms with E-state index >= 15 is 0 Å². The van der Waals surface area contributed by atoms with Crippen LogP contribution < -0.4 is 22.1 Å². The first-order chi connectivity index (χ1) is 15.2. The summed E-state index contributed by atoms with van der Waals surface area (Å²) < 4.78 is 0. The van der Waals surface area contributed by atoms with Crippen molar-refractivity contribution in [2.45, 2.75) is 5.41 Å². The molecule has 1 aliphatic carbocycles. The fraction of sp³-hybridized carbons (Fsp3) is 0.0385. The van der Waals surface area contributed by atoms with Gasteiger partial charge in [-0.2, -0.15) is 0 Å². The summed E-state index contributed by atoms with van der Waals surface area (Å²) in [4.78, 5) is 12.1. The maximum Gasteiger partial charge on any atom is 0.350 e. The normalized spacial score (nSPS) is 13.2. The largest absolute Gasteiger partial charge is 0.350 e. The highest BCUT2D eigenvalue weighted by atomic mass is 16.2. The molecule has 0 radical (unpaired) electrons. The summed E-state index contributed by atoms with van der Waals surface area (Å²) in [6.45, 7) is 0. The van der Waals surface area contributed by atoms with Crippen molar-refractivity contribution in [3.05, 3.63) is 125 Å². The van der Waals surface area contributed by atoms with Crippen molar-refractivity contribution >= 4 is 11.7 Å². The molecule has 2 amide bonds. The maximum atomic E-state index is 12.1. The molecule has 0 spiro atoms. The molecule has 0 bridgehead atoms. The average Bonchev–Trinajstić information content (AvgIpc) is 3.14. The third-order valence-electron chi connectivity index (χ3n) is 6.06. The first-order valence-corrected chi connectivity index (χ1v) is 10.1. The molecule has 1 aliphatic rings. The van der Waals surface area contributed by atoms with Gasteiger partial charge in [0, 0.05) is 0 Å². The van der Waals surface area contributed by atoms with E-state index in [1.807, 2.05) is 30.3 Å². The Labute approximate surface area is 180 Å². The first-order valence-electron chi connectivity index (χ1n) is 10.1. The lowest BCUT2D eigenvalue weighted by Crippen LogP contribution is -2.47. The molecule has 0 heterocycles. The highest BCUT2D eigenvalue weighted by Gasteiger charge is 2.46. The van der Waals surface area contributed by atoms with Gasteiger partial charge in [-0.3, -0.25) is 5.43 Å². The van der Waals surface area contributed by atoms with Crippen LogP contribution in [-0.2, 0) is 5.41 Å². The van der Waals surface area contributed by atoms with Gasteiger partial charge in [0.1, 0.15) is 0 Å². The lowest BCUT2D eigenvalue weighted by Gasteiger charge is -2.34. The summed E-state index contributed by atoms with van der Waals surface area (Å²) in [5, 5.41) is 1.03. The van der Waals surface area contributed by atoms with Crippen LogP contribution >= 0.6 is 0 Å². The van der Waals surface area contributed by atoms with Crippen molar-refractivity contribution in [2.75, 3.05) is 5.01 Å². The van der Waals surface area contributed by atoms with Crippen LogP contribution in [0.4, 0.5) is 10.5 Å². The van der Waals surface area contributed by atoms with Gasteiger partial charge < -0.3 is 0 Å². The minimum absolute atomic E-state index is 0.537. The molecule has 0 saturated carbocycles. The molecule has 0 aliphatic heterocycles. The van der Waals surface area contributed by atoms with Gasteiger partial charge in [0.15, 0.2) is 0 Å². The first kappa shape index (κ1) is 19.1. The zero-order chi connectivity index (χ0) is 21.4. The molecule has 31 heavy (non-hydrogen) atoms. The molecule has 4 aromatic carbocycles. The predicted molar refractivity (Wildman–Crippen MR) is 123 cm³/mol. The molecule has 0 aromatic heterocycles. The zero-order valence-electron chi connectivity index (χ0n) is 16.8. The second kappa shape index (κ2) is 7.40. The molecule has 152 valence electrons. The van der Waals surface area contributed by atoms with Crippen molar-refractivity contribution in [3.8, 4) is 11.1 Å². The lowest BCUT2D eigenvalue weighted by atomic mass is 9.67. The Kier molecular flexibility index (Phi) is 4.55. The quantitative estimate of drug-likeness (QED) is 0.237. The van der Waals surface area contributed by atoms with Gasteiger partial charge >= 0.3 is 6.03 Å². The minimum Gasteiger partial charge on any atom is -0.274 e. The number of hydrogen-bond donors (Lipinski definition) is 3. The van der Waals surface area contributed by atoms with E-state index in [4.69, 9.17) is 11.7 Å². The average molecular weight is 406 g/mol. The number of anilines is 1. The molecule has 5 heteroatoms. The fourth-order valence-corrected chi connectivity index (χ4v) is 4.77. The fourth-order valence-electron chi connectivity index (χ4n) is 4.77. The summed E-state index contributed by atoms with van der Waals surface area (Å²) in [7, 11) is 0. The number of amides is 2. The second-order valence-electron chi connectivity index (χ2n) is 7.58. The molecule has 5 rings (SSSR count). The lowest BCUT2D eigenvalue weighted by molar-refractivity contribution is 0.246. The van der Waals surface area contributed by atoms with Gasteiger partial charge in [0.05, 0.1) is 11.1 Å². The van der Waals surface area contributed by atoms with E-state index in [0.717, 1.165) is 27.3 Å². The number of urea groups is 1.